The molecular formula is C26H32N4O2. The molecule has 0 saturated carbocycles. The van der Waals surface area contributed by atoms with Gasteiger partial charge in [0.2, 0.25) is 0 Å². The Morgan fingerprint density at radius 3 is 2.69 bits per heavy atom. The molecule has 2 fully saturated rings. The van der Waals surface area contributed by atoms with Crippen LogP contribution in [0.5, 0.6) is 0 Å². The number of carbonyl (C=O) groups excluding carboxylic acids is 1. The van der Waals surface area contributed by atoms with E-state index in [9.17, 15) is 4.79 Å². The Kier molecular flexibility index (Phi) is 5.98. The van der Waals surface area contributed by atoms with Crippen molar-refractivity contribution in [2.75, 3.05) is 32.8 Å². The van der Waals surface area contributed by atoms with E-state index >= 15 is 0 Å². The molecule has 0 spiro atoms. The van der Waals surface area contributed by atoms with Gasteiger partial charge in [0.25, 0.3) is 5.91 Å². The molecule has 0 N–H and O–H groups in total. The number of benzene rings is 1. The van der Waals surface area contributed by atoms with Gasteiger partial charge in [0.15, 0.2) is 0 Å². The number of pyridine rings is 1. The summed E-state index contributed by atoms with van der Waals surface area (Å²) in [6.45, 7) is 8.99. The minimum absolute atomic E-state index is 0.0529. The normalized spacial score (nSPS) is 19.8. The van der Waals surface area contributed by atoms with Gasteiger partial charge in [-0.3, -0.25) is 14.7 Å². The Hall–Kier alpha value is -2.70. The van der Waals surface area contributed by atoms with Crippen LogP contribution < -0.4 is 0 Å². The van der Waals surface area contributed by atoms with Gasteiger partial charge in [-0.1, -0.05) is 18.2 Å². The second-order valence-corrected chi connectivity index (χ2v) is 9.18. The molecule has 2 aromatic heterocycles. The molecule has 0 aliphatic carbocycles. The predicted molar refractivity (Wildman–Crippen MR) is 126 cm³/mol. The highest BCUT2D eigenvalue weighted by molar-refractivity contribution is 5.94. The lowest BCUT2D eigenvalue weighted by Gasteiger charge is -2.27. The zero-order chi connectivity index (χ0) is 22.1. The fraction of sp³-hybridized carbons (Fsp3) is 0.462. The third kappa shape index (κ3) is 4.05. The smallest absolute Gasteiger partial charge is 0.255 e. The second-order valence-electron chi connectivity index (χ2n) is 9.18. The molecule has 1 aromatic carbocycles. The van der Waals surface area contributed by atoms with Crippen LogP contribution >= 0.6 is 0 Å². The lowest BCUT2D eigenvalue weighted by Crippen LogP contribution is -2.40. The molecule has 6 heteroatoms. The molecule has 2 saturated heterocycles. The number of carbonyl (C=O) groups is 1. The van der Waals surface area contributed by atoms with Gasteiger partial charge in [-0.2, -0.15) is 0 Å². The van der Waals surface area contributed by atoms with Crippen molar-refractivity contribution in [1.29, 1.82) is 0 Å². The summed E-state index contributed by atoms with van der Waals surface area (Å²) in [7, 11) is 0. The van der Waals surface area contributed by atoms with Crippen LogP contribution in [-0.4, -0.2) is 58.1 Å². The summed E-state index contributed by atoms with van der Waals surface area (Å²) in [4.78, 5) is 21.9. The highest BCUT2D eigenvalue weighted by Crippen LogP contribution is 2.34. The molecule has 0 radical (unpaired) electrons. The molecule has 4 heterocycles. The maximum absolute atomic E-state index is 12.7. The van der Waals surface area contributed by atoms with E-state index < -0.39 is 0 Å². The Balaban J connectivity index is 1.34. The van der Waals surface area contributed by atoms with Crippen LogP contribution in [0, 0.1) is 0 Å². The number of aromatic nitrogens is 2. The van der Waals surface area contributed by atoms with Gasteiger partial charge in [0, 0.05) is 49.0 Å². The molecule has 32 heavy (non-hydrogen) atoms. The fourth-order valence-corrected chi connectivity index (χ4v) is 5.08. The third-order valence-electron chi connectivity index (χ3n) is 6.79. The first kappa shape index (κ1) is 21.2. The van der Waals surface area contributed by atoms with Crippen LogP contribution in [0.2, 0.25) is 0 Å². The summed E-state index contributed by atoms with van der Waals surface area (Å²) < 4.78 is 7.73. The van der Waals surface area contributed by atoms with Crippen molar-refractivity contribution >= 4 is 16.8 Å². The topological polar surface area (TPSA) is 50.6 Å². The van der Waals surface area contributed by atoms with Gasteiger partial charge in [-0.05, 0) is 57.0 Å². The van der Waals surface area contributed by atoms with Gasteiger partial charge in [0.05, 0.1) is 30.5 Å². The van der Waals surface area contributed by atoms with Crippen LogP contribution in [-0.2, 0) is 11.3 Å². The second kappa shape index (κ2) is 9.04. The van der Waals surface area contributed by atoms with Crippen LogP contribution in [0.25, 0.3) is 10.9 Å². The van der Waals surface area contributed by atoms with Crippen LogP contribution in [0.3, 0.4) is 0 Å². The van der Waals surface area contributed by atoms with E-state index in [0.717, 1.165) is 25.2 Å². The largest absolute Gasteiger partial charge is 0.378 e. The van der Waals surface area contributed by atoms with Crippen molar-refractivity contribution in [2.24, 2.45) is 0 Å². The average Bonchev–Trinajstić information content (AvgIpc) is 3.45. The minimum Gasteiger partial charge on any atom is -0.378 e. The number of ether oxygens (including phenoxy) is 1. The average molecular weight is 433 g/mol. The minimum atomic E-state index is 0.0529. The summed E-state index contributed by atoms with van der Waals surface area (Å²) >= 11 is 0. The molecule has 168 valence electrons. The lowest BCUT2D eigenvalue weighted by molar-refractivity contribution is 0.0302. The van der Waals surface area contributed by atoms with E-state index in [1.54, 1.807) is 6.20 Å². The van der Waals surface area contributed by atoms with E-state index in [1.165, 1.54) is 22.9 Å². The summed E-state index contributed by atoms with van der Waals surface area (Å²) in [5.74, 6) is 0.0529. The summed E-state index contributed by atoms with van der Waals surface area (Å²) in [6.07, 6.45) is 6.35. The van der Waals surface area contributed by atoms with Gasteiger partial charge in [-0.15, -0.1) is 0 Å². The van der Waals surface area contributed by atoms with E-state index in [1.807, 2.05) is 17.0 Å². The van der Waals surface area contributed by atoms with Gasteiger partial charge in [-0.25, -0.2) is 0 Å². The molecule has 0 bridgehead atoms. The maximum atomic E-state index is 12.7. The predicted octanol–water partition coefficient (Wildman–Crippen LogP) is 4.43. The Morgan fingerprint density at radius 2 is 1.94 bits per heavy atom. The van der Waals surface area contributed by atoms with Crippen molar-refractivity contribution < 1.29 is 9.53 Å². The molecule has 1 amide bonds. The number of rotatable bonds is 5. The number of fused-ring (bicyclic) bond motifs is 1. The molecule has 2 aliphatic heterocycles. The van der Waals surface area contributed by atoms with Crippen molar-refractivity contribution in [2.45, 2.75) is 45.3 Å². The number of morpholine rings is 1. The molecular weight excluding hydrogens is 400 g/mol. The Labute approximate surface area is 189 Å². The van der Waals surface area contributed by atoms with Crippen LogP contribution in [0.1, 0.15) is 60.4 Å². The first-order valence-corrected chi connectivity index (χ1v) is 11.8. The zero-order valence-corrected chi connectivity index (χ0v) is 19.0. The van der Waals surface area contributed by atoms with E-state index in [2.05, 4.69) is 53.8 Å². The highest BCUT2D eigenvalue weighted by Gasteiger charge is 2.28. The van der Waals surface area contributed by atoms with Crippen molar-refractivity contribution in [3.63, 3.8) is 0 Å². The SMILES string of the molecule is CC(C)n1cc(CN2CCC[C@H]2c2ccc(C(=O)N3CCOCC3)cn2)c2ccccc21. The molecule has 6 nitrogen and oxygen atoms in total. The first-order valence-electron chi connectivity index (χ1n) is 11.8. The van der Waals surface area contributed by atoms with Crippen LogP contribution in [0.15, 0.2) is 48.8 Å². The summed E-state index contributed by atoms with van der Waals surface area (Å²) in [6, 6.07) is 13.4. The standard InChI is InChI=1S/C26H32N4O2/c1-19(2)30-18-21(22-6-3-4-7-24(22)30)17-29-11-5-8-25(29)23-10-9-20(16-27-23)26(31)28-12-14-32-15-13-28/h3-4,6-7,9-10,16,18-19,25H,5,8,11-15,17H2,1-2H3/t25-/m0/s1. The van der Waals surface area contributed by atoms with Gasteiger partial charge < -0.3 is 14.2 Å². The lowest BCUT2D eigenvalue weighted by atomic mass is 10.1. The fourth-order valence-electron chi connectivity index (χ4n) is 5.08. The number of hydrogen-bond donors (Lipinski definition) is 0. The zero-order valence-electron chi connectivity index (χ0n) is 19.0. The maximum Gasteiger partial charge on any atom is 0.255 e. The number of hydrogen-bond acceptors (Lipinski definition) is 4. The number of para-hydroxylation sites is 1. The Bertz CT molecular complexity index is 1080. The van der Waals surface area contributed by atoms with Gasteiger partial charge >= 0.3 is 0 Å². The van der Waals surface area contributed by atoms with Crippen LogP contribution in [0.4, 0.5) is 0 Å². The summed E-state index contributed by atoms with van der Waals surface area (Å²) in [5.41, 5.74) is 4.41. The van der Waals surface area contributed by atoms with Crippen molar-refractivity contribution in [1.82, 2.24) is 19.4 Å². The number of likely N-dealkylation sites (tertiary alicyclic amines) is 1. The third-order valence-corrected chi connectivity index (χ3v) is 6.79. The van der Waals surface area contributed by atoms with E-state index in [0.29, 0.717) is 44.0 Å². The molecule has 0 unspecified atom stereocenters. The molecule has 3 aromatic rings. The monoisotopic (exact) mass is 432 g/mol. The number of amides is 1. The van der Waals surface area contributed by atoms with Crippen molar-refractivity contribution in [3.05, 3.63) is 65.6 Å². The Morgan fingerprint density at radius 1 is 1.12 bits per heavy atom. The van der Waals surface area contributed by atoms with Crippen molar-refractivity contribution in [3.8, 4) is 0 Å². The number of nitrogens with zero attached hydrogens (tertiary/aromatic N) is 4. The highest BCUT2D eigenvalue weighted by atomic mass is 16.5. The molecule has 1 atom stereocenters. The molecule has 2 aliphatic rings. The molecule has 5 rings (SSSR count). The summed E-state index contributed by atoms with van der Waals surface area (Å²) in [5, 5.41) is 1.34. The van der Waals surface area contributed by atoms with Gasteiger partial charge in [0.1, 0.15) is 0 Å². The quantitative estimate of drug-likeness (QED) is 0.599. The first-order chi connectivity index (χ1) is 15.6. The van der Waals surface area contributed by atoms with E-state index in [-0.39, 0.29) is 5.91 Å². The van der Waals surface area contributed by atoms with E-state index in [4.69, 9.17) is 9.72 Å².